The van der Waals surface area contributed by atoms with E-state index in [0.29, 0.717) is 10.6 Å². The normalized spacial score (nSPS) is 24.8. The molecule has 1 atom stereocenters. The topological polar surface area (TPSA) is 0 Å². The summed E-state index contributed by atoms with van der Waals surface area (Å²) in [5.74, 6) is 0.965. The van der Waals surface area contributed by atoms with Crippen molar-refractivity contribution < 1.29 is 0 Å². The van der Waals surface area contributed by atoms with Crippen molar-refractivity contribution in [2.24, 2.45) is 16.7 Å². The van der Waals surface area contributed by atoms with Gasteiger partial charge in [0.05, 0.1) is 0 Å². The van der Waals surface area contributed by atoms with Crippen LogP contribution in [0.25, 0.3) is 0 Å². The molecule has 2 aliphatic rings. The molecule has 23 heavy (non-hydrogen) atoms. The quantitative estimate of drug-likeness (QED) is 0.409. The van der Waals surface area contributed by atoms with Gasteiger partial charge in [-0.25, -0.2) is 0 Å². The average Bonchev–Trinajstić information content (AvgIpc) is 2.96. The van der Waals surface area contributed by atoms with Crippen LogP contribution in [-0.2, 0) is 0 Å². The van der Waals surface area contributed by atoms with Crippen LogP contribution in [0.3, 0.4) is 0 Å². The van der Waals surface area contributed by atoms with Crippen LogP contribution < -0.4 is 0 Å². The van der Waals surface area contributed by atoms with Crippen LogP contribution in [0.4, 0.5) is 0 Å². The molecule has 2 rings (SSSR count). The van der Waals surface area contributed by atoms with Crippen LogP contribution in [-0.4, -0.2) is 15.7 Å². The first kappa shape index (κ1) is 19.5. The fourth-order valence-corrected chi connectivity index (χ4v) is 6.16. The predicted octanol–water partition coefficient (Wildman–Crippen LogP) is 5.51. The van der Waals surface area contributed by atoms with Gasteiger partial charge in [0, 0.05) is 0 Å². The third-order valence-corrected chi connectivity index (χ3v) is 8.42. The lowest BCUT2D eigenvalue weighted by molar-refractivity contribution is 0.0924. The number of hydrogen-bond donors (Lipinski definition) is 0. The highest BCUT2D eigenvalue weighted by molar-refractivity contribution is 6.40. The maximum atomic E-state index is 2.63. The Balaban J connectivity index is 2.01. The van der Waals surface area contributed by atoms with Crippen molar-refractivity contribution in [2.45, 2.75) is 116 Å². The van der Waals surface area contributed by atoms with Crippen molar-refractivity contribution in [1.82, 2.24) is 0 Å². The van der Waals surface area contributed by atoms with Gasteiger partial charge in [0.2, 0.25) is 0 Å². The Labute approximate surface area is 148 Å². The van der Waals surface area contributed by atoms with Gasteiger partial charge in [-0.1, -0.05) is 77.4 Å². The highest BCUT2D eigenvalue weighted by Crippen LogP contribution is 2.60. The zero-order chi connectivity index (χ0) is 17.0. The monoisotopic (exact) mass is 316 g/mol. The minimum atomic E-state index is 0.511. The summed E-state index contributed by atoms with van der Waals surface area (Å²) in [6.07, 6.45) is 20.7. The van der Waals surface area contributed by atoms with Gasteiger partial charge in [-0.3, -0.25) is 0 Å². The Morgan fingerprint density at radius 3 is 2.00 bits per heavy atom. The molecule has 0 heterocycles. The molecule has 2 fully saturated rings. The van der Waals surface area contributed by atoms with Crippen molar-refractivity contribution in [1.29, 1.82) is 0 Å². The molecule has 1 spiro atoms. The van der Waals surface area contributed by atoms with Crippen LogP contribution in [0.5, 0.6) is 0 Å². The fourth-order valence-electron chi connectivity index (χ4n) is 6.16. The van der Waals surface area contributed by atoms with Crippen LogP contribution in [0, 0.1) is 16.7 Å². The minimum Gasteiger partial charge on any atom is -0.0766 e. The standard InChI is InChI=1S/C21H42B2/c1-4-6-7-13-19(3,12-5-2)21(22,23)18-10-16-20(17-11-18)14-8-9-15-20/h18H,4-17,22-23H2,1-3H3. The average molecular weight is 316 g/mol. The van der Waals surface area contributed by atoms with Crippen molar-refractivity contribution in [3.63, 3.8) is 0 Å². The van der Waals surface area contributed by atoms with Gasteiger partial charge < -0.3 is 0 Å². The van der Waals surface area contributed by atoms with E-state index in [1.807, 2.05) is 0 Å². The Hall–Kier alpha value is 0.130. The molecule has 0 saturated heterocycles. The van der Waals surface area contributed by atoms with E-state index in [2.05, 4.69) is 36.5 Å². The zero-order valence-electron chi connectivity index (χ0n) is 17.0. The molecule has 2 aliphatic carbocycles. The van der Waals surface area contributed by atoms with Gasteiger partial charge in [0.15, 0.2) is 0 Å². The molecule has 0 bridgehead atoms. The summed E-state index contributed by atoms with van der Waals surface area (Å²) in [5.41, 5.74) is 1.33. The summed E-state index contributed by atoms with van der Waals surface area (Å²) in [6.45, 7) is 7.36. The second-order valence-electron chi connectivity index (χ2n) is 9.97. The van der Waals surface area contributed by atoms with Crippen molar-refractivity contribution in [3.05, 3.63) is 0 Å². The molecule has 0 aliphatic heterocycles. The summed E-state index contributed by atoms with van der Waals surface area (Å²) < 4.78 is 0. The van der Waals surface area contributed by atoms with E-state index in [0.717, 1.165) is 11.3 Å². The number of hydrogen-bond acceptors (Lipinski definition) is 0. The molecular weight excluding hydrogens is 274 g/mol. The first-order valence-corrected chi connectivity index (χ1v) is 10.9. The molecule has 0 amide bonds. The molecule has 0 aromatic rings. The molecule has 132 valence electrons. The maximum Gasteiger partial charge on any atom is 0.100 e. The van der Waals surface area contributed by atoms with E-state index in [-0.39, 0.29) is 0 Å². The third kappa shape index (κ3) is 4.21. The van der Waals surface area contributed by atoms with E-state index >= 15 is 0 Å². The molecule has 0 aromatic carbocycles. The van der Waals surface area contributed by atoms with Gasteiger partial charge in [-0.05, 0) is 55.3 Å². The van der Waals surface area contributed by atoms with Crippen LogP contribution in [0.2, 0.25) is 5.21 Å². The van der Waals surface area contributed by atoms with Gasteiger partial charge in [-0.2, -0.15) is 0 Å². The molecule has 2 heteroatoms. The second kappa shape index (κ2) is 8.01. The smallest absolute Gasteiger partial charge is 0.0766 e. The van der Waals surface area contributed by atoms with Crippen LogP contribution in [0.1, 0.15) is 111 Å². The molecule has 2 saturated carbocycles. The second-order valence-corrected chi connectivity index (χ2v) is 9.97. The van der Waals surface area contributed by atoms with E-state index in [4.69, 9.17) is 0 Å². The highest BCUT2D eigenvalue weighted by Gasteiger charge is 2.47. The summed E-state index contributed by atoms with van der Waals surface area (Å²) >= 11 is 0. The molecule has 0 radical (unpaired) electrons. The van der Waals surface area contributed by atoms with E-state index < -0.39 is 0 Å². The number of unbranched alkanes of at least 4 members (excludes halogenated alkanes) is 2. The van der Waals surface area contributed by atoms with Crippen LogP contribution >= 0.6 is 0 Å². The fraction of sp³-hybridized carbons (Fsp3) is 1.00. The van der Waals surface area contributed by atoms with Crippen molar-refractivity contribution >= 4 is 15.7 Å². The molecule has 0 N–H and O–H groups in total. The lowest BCUT2D eigenvalue weighted by Gasteiger charge is -2.53. The van der Waals surface area contributed by atoms with Gasteiger partial charge in [0.25, 0.3) is 0 Å². The Kier molecular flexibility index (Phi) is 6.77. The van der Waals surface area contributed by atoms with Crippen molar-refractivity contribution in [2.75, 3.05) is 0 Å². The van der Waals surface area contributed by atoms with Gasteiger partial charge in [0.1, 0.15) is 15.7 Å². The summed E-state index contributed by atoms with van der Waals surface area (Å²) in [4.78, 5) is 0. The van der Waals surface area contributed by atoms with E-state index in [9.17, 15) is 0 Å². The first-order chi connectivity index (χ1) is 10.9. The van der Waals surface area contributed by atoms with Crippen molar-refractivity contribution in [3.8, 4) is 0 Å². The summed E-state index contributed by atoms with van der Waals surface area (Å²) in [7, 11) is 5.26. The lowest BCUT2D eigenvalue weighted by atomic mass is 9.34. The minimum absolute atomic E-state index is 0.511. The van der Waals surface area contributed by atoms with Crippen LogP contribution in [0.15, 0.2) is 0 Å². The Morgan fingerprint density at radius 1 is 0.870 bits per heavy atom. The maximum absolute atomic E-state index is 2.63. The molecule has 0 aromatic heterocycles. The lowest BCUT2D eigenvalue weighted by Crippen LogP contribution is -2.43. The van der Waals surface area contributed by atoms with Gasteiger partial charge in [-0.15, -0.1) is 0 Å². The SMILES string of the molecule is BC(B)(C1CCC2(CCCC2)CC1)C(C)(CCC)CCCCC. The Bertz CT molecular complexity index is 347. The molecule has 0 nitrogen and oxygen atoms in total. The van der Waals surface area contributed by atoms with Gasteiger partial charge >= 0.3 is 0 Å². The highest BCUT2D eigenvalue weighted by atomic mass is 14.5. The summed E-state index contributed by atoms with van der Waals surface area (Å²) in [5, 5.41) is 0.511. The number of rotatable bonds is 8. The third-order valence-electron chi connectivity index (χ3n) is 8.42. The largest absolute Gasteiger partial charge is 0.100 e. The first-order valence-electron chi connectivity index (χ1n) is 10.9. The zero-order valence-corrected chi connectivity index (χ0v) is 17.0. The predicted molar refractivity (Wildman–Crippen MR) is 110 cm³/mol. The van der Waals surface area contributed by atoms with E-state index in [1.54, 1.807) is 12.8 Å². The Morgan fingerprint density at radius 2 is 1.48 bits per heavy atom. The molecular formula is C21H42B2. The van der Waals surface area contributed by atoms with E-state index in [1.165, 1.54) is 77.0 Å². The molecule has 1 unspecified atom stereocenters. The summed E-state index contributed by atoms with van der Waals surface area (Å²) in [6, 6.07) is 0.